The van der Waals surface area contributed by atoms with Gasteiger partial charge in [0.25, 0.3) is 0 Å². The number of hydrogen-bond acceptors (Lipinski definition) is 4. The van der Waals surface area contributed by atoms with Crippen LogP contribution in [0.25, 0.3) is 0 Å². The molecule has 0 bridgehead atoms. The average molecular weight is 262 g/mol. The van der Waals surface area contributed by atoms with Crippen molar-refractivity contribution in [1.82, 2.24) is 4.90 Å². The number of furan rings is 2. The van der Waals surface area contributed by atoms with E-state index in [1.165, 1.54) is 0 Å². The lowest BCUT2D eigenvalue weighted by atomic mass is 10.2. The van der Waals surface area contributed by atoms with Crippen molar-refractivity contribution in [2.24, 2.45) is 5.73 Å². The molecule has 19 heavy (non-hydrogen) atoms. The van der Waals surface area contributed by atoms with Gasteiger partial charge in [-0.3, -0.25) is 4.90 Å². The molecular formula is C15H22N2O2. The molecule has 2 aromatic heterocycles. The van der Waals surface area contributed by atoms with Gasteiger partial charge >= 0.3 is 0 Å². The summed E-state index contributed by atoms with van der Waals surface area (Å²) >= 11 is 0. The smallest absolute Gasteiger partial charge is 0.122 e. The highest BCUT2D eigenvalue weighted by Gasteiger charge is 2.21. The third-order valence-electron chi connectivity index (χ3n) is 3.37. The topological polar surface area (TPSA) is 55.5 Å². The van der Waals surface area contributed by atoms with Crippen molar-refractivity contribution in [1.29, 1.82) is 0 Å². The maximum absolute atomic E-state index is 5.93. The molecule has 0 amide bonds. The molecular weight excluding hydrogens is 240 g/mol. The number of rotatable bonds is 7. The zero-order chi connectivity index (χ0) is 13.7. The standard InChI is InChI=1S/C15H22N2O2/c1-3-12-7-8-15(19-12)14(10-16)17(4-2)11-13-6-5-9-18-13/h5-9,14H,3-4,10-11,16H2,1-2H3. The van der Waals surface area contributed by atoms with Crippen molar-refractivity contribution >= 4 is 0 Å². The zero-order valence-corrected chi connectivity index (χ0v) is 11.6. The second-order valence-corrected chi connectivity index (χ2v) is 4.55. The van der Waals surface area contributed by atoms with Gasteiger partial charge in [-0.05, 0) is 30.8 Å². The van der Waals surface area contributed by atoms with E-state index in [1.807, 2.05) is 24.3 Å². The van der Waals surface area contributed by atoms with Crippen molar-refractivity contribution in [3.63, 3.8) is 0 Å². The predicted octanol–water partition coefficient (Wildman–Crippen LogP) is 2.96. The molecule has 4 nitrogen and oxygen atoms in total. The normalized spacial score (nSPS) is 13.1. The quantitative estimate of drug-likeness (QED) is 0.833. The highest BCUT2D eigenvalue weighted by molar-refractivity contribution is 5.12. The van der Waals surface area contributed by atoms with Gasteiger partial charge in [0.2, 0.25) is 0 Å². The Hall–Kier alpha value is -1.52. The van der Waals surface area contributed by atoms with Crippen LogP contribution in [0.4, 0.5) is 0 Å². The number of nitrogens with two attached hydrogens (primary N) is 1. The van der Waals surface area contributed by atoms with Gasteiger partial charge in [0.05, 0.1) is 18.8 Å². The van der Waals surface area contributed by atoms with Gasteiger partial charge in [0.1, 0.15) is 17.3 Å². The van der Waals surface area contributed by atoms with E-state index in [0.29, 0.717) is 6.54 Å². The maximum atomic E-state index is 5.93. The monoisotopic (exact) mass is 262 g/mol. The molecule has 0 aliphatic rings. The first-order valence-corrected chi connectivity index (χ1v) is 6.83. The predicted molar refractivity (Wildman–Crippen MR) is 74.7 cm³/mol. The van der Waals surface area contributed by atoms with Gasteiger partial charge in [0, 0.05) is 13.0 Å². The fourth-order valence-corrected chi connectivity index (χ4v) is 2.25. The molecule has 0 radical (unpaired) electrons. The van der Waals surface area contributed by atoms with Crippen LogP contribution in [0.5, 0.6) is 0 Å². The summed E-state index contributed by atoms with van der Waals surface area (Å²) in [5.41, 5.74) is 5.93. The van der Waals surface area contributed by atoms with Crippen molar-refractivity contribution in [2.45, 2.75) is 32.9 Å². The number of nitrogens with zero attached hydrogens (tertiary/aromatic N) is 1. The fraction of sp³-hybridized carbons (Fsp3) is 0.467. The molecule has 0 aliphatic heterocycles. The summed E-state index contributed by atoms with van der Waals surface area (Å²) in [7, 11) is 0. The van der Waals surface area contributed by atoms with Crippen LogP contribution in [-0.2, 0) is 13.0 Å². The maximum Gasteiger partial charge on any atom is 0.122 e. The zero-order valence-electron chi connectivity index (χ0n) is 11.6. The summed E-state index contributed by atoms with van der Waals surface area (Å²) in [6.07, 6.45) is 2.60. The molecule has 2 N–H and O–H groups in total. The molecule has 1 unspecified atom stereocenters. The Balaban J connectivity index is 2.13. The third kappa shape index (κ3) is 3.28. The van der Waals surface area contributed by atoms with Crippen LogP contribution < -0.4 is 5.73 Å². The van der Waals surface area contributed by atoms with Crippen LogP contribution in [0, 0.1) is 0 Å². The number of aryl methyl sites for hydroxylation is 1. The minimum atomic E-state index is 0.0930. The molecule has 4 heteroatoms. The van der Waals surface area contributed by atoms with Gasteiger partial charge in [-0.25, -0.2) is 0 Å². The van der Waals surface area contributed by atoms with Gasteiger partial charge in [-0.1, -0.05) is 13.8 Å². The van der Waals surface area contributed by atoms with Crippen LogP contribution in [-0.4, -0.2) is 18.0 Å². The second-order valence-electron chi connectivity index (χ2n) is 4.55. The van der Waals surface area contributed by atoms with Crippen LogP contribution >= 0.6 is 0 Å². The highest BCUT2D eigenvalue weighted by Crippen LogP contribution is 2.24. The number of hydrogen-bond donors (Lipinski definition) is 1. The first-order valence-electron chi connectivity index (χ1n) is 6.83. The molecule has 0 spiro atoms. The molecule has 1 atom stereocenters. The minimum Gasteiger partial charge on any atom is -0.468 e. The van der Waals surface area contributed by atoms with Gasteiger partial charge < -0.3 is 14.6 Å². The lowest BCUT2D eigenvalue weighted by Crippen LogP contribution is -2.32. The number of likely N-dealkylation sites (N-methyl/N-ethyl adjacent to an activating group) is 1. The lowest BCUT2D eigenvalue weighted by Gasteiger charge is -2.27. The lowest BCUT2D eigenvalue weighted by molar-refractivity contribution is 0.166. The van der Waals surface area contributed by atoms with E-state index in [-0.39, 0.29) is 6.04 Å². The molecule has 0 fully saturated rings. The fourth-order valence-electron chi connectivity index (χ4n) is 2.25. The molecule has 2 heterocycles. The summed E-state index contributed by atoms with van der Waals surface area (Å²) < 4.78 is 11.2. The molecule has 0 saturated carbocycles. The van der Waals surface area contributed by atoms with Crippen LogP contribution in [0.2, 0.25) is 0 Å². The Labute approximate surface area is 114 Å². The third-order valence-corrected chi connectivity index (χ3v) is 3.37. The highest BCUT2D eigenvalue weighted by atomic mass is 16.3. The first-order chi connectivity index (χ1) is 9.28. The summed E-state index contributed by atoms with van der Waals surface area (Å²) in [6, 6.07) is 8.04. The summed E-state index contributed by atoms with van der Waals surface area (Å²) in [4.78, 5) is 2.26. The Morgan fingerprint density at radius 2 is 2.05 bits per heavy atom. The van der Waals surface area contributed by atoms with E-state index in [4.69, 9.17) is 14.6 Å². The summed E-state index contributed by atoms with van der Waals surface area (Å²) in [5, 5.41) is 0. The largest absolute Gasteiger partial charge is 0.468 e. The van der Waals surface area contributed by atoms with E-state index in [1.54, 1.807) is 6.26 Å². The van der Waals surface area contributed by atoms with E-state index < -0.39 is 0 Å². The van der Waals surface area contributed by atoms with E-state index >= 15 is 0 Å². The van der Waals surface area contributed by atoms with Gasteiger partial charge in [-0.15, -0.1) is 0 Å². The van der Waals surface area contributed by atoms with Crippen LogP contribution in [0.1, 0.15) is 37.2 Å². The Morgan fingerprint density at radius 1 is 1.21 bits per heavy atom. The van der Waals surface area contributed by atoms with E-state index in [9.17, 15) is 0 Å². The molecule has 0 aromatic carbocycles. The summed E-state index contributed by atoms with van der Waals surface area (Å²) in [6.45, 7) is 6.37. The Kier molecular flexibility index (Phi) is 4.82. The van der Waals surface area contributed by atoms with Crippen molar-refractivity contribution in [2.75, 3.05) is 13.1 Å². The molecule has 0 aliphatic carbocycles. The molecule has 2 rings (SSSR count). The SMILES string of the molecule is CCc1ccc(C(CN)N(CC)Cc2ccco2)o1. The van der Waals surface area contributed by atoms with Crippen molar-refractivity contribution < 1.29 is 8.83 Å². The second kappa shape index (κ2) is 6.59. The summed E-state index contributed by atoms with van der Waals surface area (Å²) in [5.74, 6) is 2.89. The Bertz CT molecular complexity index is 476. The van der Waals surface area contributed by atoms with E-state index in [2.05, 4.69) is 18.7 Å². The molecule has 2 aromatic rings. The van der Waals surface area contributed by atoms with Gasteiger partial charge in [0.15, 0.2) is 0 Å². The molecule has 104 valence electrons. The van der Waals surface area contributed by atoms with Gasteiger partial charge in [-0.2, -0.15) is 0 Å². The van der Waals surface area contributed by atoms with Crippen LogP contribution in [0.15, 0.2) is 39.4 Å². The molecule has 0 saturated heterocycles. The van der Waals surface area contributed by atoms with Crippen molar-refractivity contribution in [3.8, 4) is 0 Å². The average Bonchev–Trinajstić information content (AvgIpc) is 3.09. The van der Waals surface area contributed by atoms with Crippen LogP contribution in [0.3, 0.4) is 0 Å². The minimum absolute atomic E-state index is 0.0930. The van der Waals surface area contributed by atoms with Crippen molar-refractivity contribution in [3.05, 3.63) is 47.8 Å². The van der Waals surface area contributed by atoms with E-state index in [0.717, 1.165) is 36.8 Å². The first kappa shape index (κ1) is 13.9. The Morgan fingerprint density at radius 3 is 2.58 bits per heavy atom.